The molecule has 0 radical (unpaired) electrons. The van der Waals surface area contributed by atoms with E-state index in [1.54, 1.807) is 11.3 Å². The Bertz CT molecular complexity index is 368. The fraction of sp³-hybridized carbons (Fsp3) is 0.500. The van der Waals surface area contributed by atoms with E-state index in [0.717, 1.165) is 15.1 Å². The van der Waals surface area contributed by atoms with E-state index in [2.05, 4.69) is 20.3 Å². The maximum Gasteiger partial charge on any atom is 0.144 e. The van der Waals surface area contributed by atoms with Crippen molar-refractivity contribution >= 4 is 44.3 Å². The molecule has 0 aliphatic rings. The molecular weight excluding hydrogens is 294 g/mol. The van der Waals surface area contributed by atoms with Gasteiger partial charge in [0.2, 0.25) is 0 Å². The Kier molecular flexibility index (Phi) is 4.40. The minimum absolute atomic E-state index is 0.296. The average molecular weight is 308 g/mol. The van der Waals surface area contributed by atoms with Crippen LogP contribution in [0.15, 0.2) is 20.3 Å². The normalized spacial score (nSPS) is 15.5. The van der Waals surface area contributed by atoms with Crippen molar-refractivity contribution in [2.45, 2.75) is 32.4 Å². The topological polar surface area (TPSA) is 35.4 Å². The van der Waals surface area contributed by atoms with Crippen LogP contribution in [0.25, 0.3) is 0 Å². The molecule has 1 atom stereocenters. The smallest absolute Gasteiger partial charge is 0.144 e. The molecular formula is C10H14BrNOS2. The number of hydrogen-bond donors (Lipinski definition) is 0. The molecule has 0 spiro atoms. The van der Waals surface area contributed by atoms with Gasteiger partial charge in [0.15, 0.2) is 0 Å². The van der Waals surface area contributed by atoms with Gasteiger partial charge in [-0.2, -0.15) is 0 Å². The summed E-state index contributed by atoms with van der Waals surface area (Å²) in [5, 5.41) is 1.99. The summed E-state index contributed by atoms with van der Waals surface area (Å²) in [7, 11) is 0. The van der Waals surface area contributed by atoms with Crippen molar-refractivity contribution in [1.82, 2.24) is 0 Å². The summed E-state index contributed by atoms with van der Waals surface area (Å²) in [6, 6.07) is 1.99. The number of halogens is 1. The predicted octanol–water partition coefficient (Wildman–Crippen LogP) is 3.78. The van der Waals surface area contributed by atoms with Crippen LogP contribution in [-0.4, -0.2) is 15.0 Å². The summed E-state index contributed by atoms with van der Waals surface area (Å²) < 4.78 is 16.7. The molecule has 0 aliphatic heterocycles. The molecule has 0 aromatic carbocycles. The molecule has 0 aliphatic carbocycles. The van der Waals surface area contributed by atoms with Crippen LogP contribution in [0.4, 0.5) is 0 Å². The molecule has 84 valence electrons. The third-order valence-electron chi connectivity index (χ3n) is 1.67. The van der Waals surface area contributed by atoms with Gasteiger partial charge in [-0.1, -0.05) is 4.40 Å². The van der Waals surface area contributed by atoms with Crippen LogP contribution in [0.3, 0.4) is 0 Å². The number of rotatable bonds is 2. The molecule has 0 unspecified atom stereocenters. The second-order valence-corrected chi connectivity index (χ2v) is 7.90. The Labute approximate surface area is 106 Å². The lowest BCUT2D eigenvalue weighted by molar-refractivity contribution is 0.561. The Hall–Kier alpha value is 0.160. The highest BCUT2D eigenvalue weighted by Crippen LogP contribution is 2.23. The van der Waals surface area contributed by atoms with Gasteiger partial charge < -0.3 is 4.55 Å². The number of thiophene rings is 1. The van der Waals surface area contributed by atoms with Crippen LogP contribution >= 0.6 is 27.3 Å². The second-order valence-electron chi connectivity index (χ2n) is 4.17. The van der Waals surface area contributed by atoms with Gasteiger partial charge >= 0.3 is 0 Å². The molecule has 1 aromatic rings. The maximum absolute atomic E-state index is 11.8. The average Bonchev–Trinajstić information content (AvgIpc) is 2.50. The standard InChI is InChI=1S/C10H14BrNOS2/c1-7(9-5-8(11)6-14-9)12-15(13)10(2,3)4/h5-6H,1-4H3/b12-7-/t15-/m1/s1. The summed E-state index contributed by atoms with van der Waals surface area (Å²) in [6.07, 6.45) is 0. The highest BCUT2D eigenvalue weighted by atomic mass is 79.9. The van der Waals surface area contributed by atoms with Crippen LogP contribution in [-0.2, 0) is 11.4 Å². The zero-order valence-electron chi connectivity index (χ0n) is 9.20. The van der Waals surface area contributed by atoms with E-state index in [1.165, 1.54) is 0 Å². The van der Waals surface area contributed by atoms with E-state index in [-0.39, 0.29) is 4.75 Å². The van der Waals surface area contributed by atoms with E-state index in [1.807, 2.05) is 39.1 Å². The molecule has 0 saturated heterocycles. The lowest BCUT2D eigenvalue weighted by Gasteiger charge is -2.18. The van der Waals surface area contributed by atoms with Gasteiger partial charge in [-0.05, 0) is 49.7 Å². The molecule has 1 aromatic heterocycles. The number of nitrogens with zero attached hydrogens (tertiary/aromatic N) is 1. The van der Waals surface area contributed by atoms with Crippen LogP contribution in [0.5, 0.6) is 0 Å². The lowest BCUT2D eigenvalue weighted by atomic mass is 10.3. The molecule has 0 fully saturated rings. The molecule has 0 N–H and O–H groups in total. The summed E-state index contributed by atoms with van der Waals surface area (Å²) >= 11 is 3.80. The fourth-order valence-corrected chi connectivity index (χ4v) is 2.87. The lowest BCUT2D eigenvalue weighted by Crippen LogP contribution is -2.26. The Morgan fingerprint density at radius 1 is 1.53 bits per heavy atom. The van der Waals surface area contributed by atoms with Gasteiger partial charge in [0, 0.05) is 9.85 Å². The molecule has 1 rings (SSSR count). The minimum atomic E-state index is -1.18. The van der Waals surface area contributed by atoms with Gasteiger partial charge in [-0.25, -0.2) is 0 Å². The molecule has 15 heavy (non-hydrogen) atoms. The van der Waals surface area contributed by atoms with Crippen LogP contribution < -0.4 is 0 Å². The monoisotopic (exact) mass is 307 g/mol. The molecule has 0 saturated carbocycles. The Morgan fingerprint density at radius 2 is 2.13 bits per heavy atom. The first-order valence-corrected chi connectivity index (χ1v) is 7.30. The molecule has 1 heterocycles. The van der Waals surface area contributed by atoms with Gasteiger partial charge in [0.05, 0.1) is 4.88 Å². The van der Waals surface area contributed by atoms with Crippen LogP contribution in [0.2, 0.25) is 0 Å². The van der Waals surface area contributed by atoms with Gasteiger partial charge in [-0.3, -0.25) is 0 Å². The predicted molar refractivity (Wildman–Crippen MR) is 72.1 cm³/mol. The fourth-order valence-electron chi connectivity index (χ4n) is 0.809. The van der Waals surface area contributed by atoms with E-state index in [0.29, 0.717) is 0 Å². The molecule has 2 nitrogen and oxygen atoms in total. The zero-order valence-corrected chi connectivity index (χ0v) is 12.4. The van der Waals surface area contributed by atoms with E-state index in [4.69, 9.17) is 0 Å². The van der Waals surface area contributed by atoms with Crippen LogP contribution in [0.1, 0.15) is 32.6 Å². The largest absolute Gasteiger partial charge is 0.591 e. The van der Waals surface area contributed by atoms with Gasteiger partial charge in [-0.15, -0.1) is 11.3 Å². The summed E-state index contributed by atoms with van der Waals surface area (Å²) in [5.41, 5.74) is 0.832. The highest BCUT2D eigenvalue weighted by molar-refractivity contribution is 9.10. The van der Waals surface area contributed by atoms with Crippen molar-refractivity contribution in [2.24, 2.45) is 4.40 Å². The summed E-state index contributed by atoms with van der Waals surface area (Å²) in [4.78, 5) is 1.06. The molecule has 5 heteroatoms. The first-order chi connectivity index (χ1) is 6.80. The van der Waals surface area contributed by atoms with E-state index >= 15 is 0 Å². The summed E-state index contributed by atoms with van der Waals surface area (Å²) in [5.74, 6) is 0. The highest BCUT2D eigenvalue weighted by Gasteiger charge is 2.26. The van der Waals surface area contributed by atoms with Crippen molar-refractivity contribution in [3.05, 3.63) is 20.8 Å². The zero-order chi connectivity index (χ0) is 11.6. The quantitative estimate of drug-likeness (QED) is 0.605. The maximum atomic E-state index is 11.8. The Morgan fingerprint density at radius 3 is 2.53 bits per heavy atom. The first-order valence-electron chi connectivity index (χ1n) is 4.52. The SMILES string of the molecule is C/C(=N/[S@+]([O-])C(C)(C)C)c1cc(Br)cs1. The summed E-state index contributed by atoms with van der Waals surface area (Å²) in [6.45, 7) is 7.65. The van der Waals surface area contributed by atoms with Crippen molar-refractivity contribution < 1.29 is 4.55 Å². The van der Waals surface area contributed by atoms with Gasteiger partial charge in [0.25, 0.3) is 0 Å². The van der Waals surface area contributed by atoms with E-state index < -0.39 is 11.4 Å². The number of hydrogen-bond acceptors (Lipinski definition) is 3. The van der Waals surface area contributed by atoms with Crippen molar-refractivity contribution in [3.8, 4) is 0 Å². The van der Waals surface area contributed by atoms with Crippen molar-refractivity contribution in [3.63, 3.8) is 0 Å². The van der Waals surface area contributed by atoms with E-state index in [9.17, 15) is 4.55 Å². The van der Waals surface area contributed by atoms with Gasteiger partial charge in [0.1, 0.15) is 21.8 Å². The van der Waals surface area contributed by atoms with Crippen molar-refractivity contribution in [2.75, 3.05) is 0 Å². The van der Waals surface area contributed by atoms with Crippen molar-refractivity contribution in [1.29, 1.82) is 0 Å². The minimum Gasteiger partial charge on any atom is -0.591 e. The molecule has 0 bridgehead atoms. The first kappa shape index (κ1) is 13.2. The third kappa shape index (κ3) is 3.90. The third-order valence-corrected chi connectivity index (χ3v) is 4.96. The Balaban J connectivity index is 2.85. The molecule has 0 amide bonds. The van der Waals surface area contributed by atoms with Crippen LogP contribution in [0, 0.1) is 0 Å². The second kappa shape index (κ2) is 4.99.